The van der Waals surface area contributed by atoms with E-state index in [4.69, 9.17) is 0 Å². The van der Waals surface area contributed by atoms with Gasteiger partial charge in [-0.3, -0.25) is 9.52 Å². The minimum absolute atomic E-state index is 0.181. The van der Waals surface area contributed by atoms with Gasteiger partial charge in [0.1, 0.15) is 0 Å². The molecule has 0 saturated heterocycles. The lowest BCUT2D eigenvalue weighted by atomic mass is 10.1. The average molecular weight is 455 g/mol. The van der Waals surface area contributed by atoms with Crippen LogP contribution < -0.4 is 10.0 Å². The molecule has 0 unspecified atom stereocenters. The first-order valence-electron chi connectivity index (χ1n) is 9.92. The van der Waals surface area contributed by atoms with Crippen molar-refractivity contribution in [2.45, 2.75) is 30.6 Å². The van der Waals surface area contributed by atoms with Crippen LogP contribution >= 0.6 is 11.8 Å². The van der Waals surface area contributed by atoms with Crippen molar-refractivity contribution in [3.8, 4) is 0 Å². The summed E-state index contributed by atoms with van der Waals surface area (Å²) in [4.78, 5) is 13.9. The van der Waals surface area contributed by atoms with Crippen LogP contribution in [0.2, 0.25) is 0 Å². The Labute approximate surface area is 188 Å². The highest BCUT2D eigenvalue weighted by molar-refractivity contribution is 7.99. The van der Waals surface area contributed by atoms with Crippen LogP contribution in [0.25, 0.3) is 0 Å². The fourth-order valence-electron chi connectivity index (χ4n) is 2.86. The lowest BCUT2D eigenvalue weighted by Gasteiger charge is -2.13. The van der Waals surface area contributed by atoms with E-state index in [0.717, 1.165) is 21.8 Å². The van der Waals surface area contributed by atoms with Crippen LogP contribution in [-0.2, 0) is 10.0 Å². The van der Waals surface area contributed by atoms with Crippen molar-refractivity contribution in [2.75, 3.05) is 17.0 Å². The fourth-order valence-corrected chi connectivity index (χ4v) is 4.75. The lowest BCUT2D eigenvalue weighted by Crippen LogP contribution is -2.26. The quantitative estimate of drug-likeness (QED) is 0.374. The van der Waals surface area contributed by atoms with E-state index >= 15 is 0 Å². The first kappa shape index (κ1) is 22.9. The second kappa shape index (κ2) is 10.0. The largest absolute Gasteiger partial charge is 0.351 e. The molecule has 0 aliphatic carbocycles. The molecule has 0 spiro atoms. The Bertz CT molecular complexity index is 1160. The molecule has 7 heteroatoms. The van der Waals surface area contributed by atoms with Gasteiger partial charge in [-0.1, -0.05) is 41.5 Å². The van der Waals surface area contributed by atoms with Crippen molar-refractivity contribution in [3.63, 3.8) is 0 Å². The Balaban J connectivity index is 1.62. The van der Waals surface area contributed by atoms with Crippen molar-refractivity contribution < 1.29 is 13.2 Å². The van der Waals surface area contributed by atoms with Crippen molar-refractivity contribution in [2.24, 2.45) is 0 Å². The van der Waals surface area contributed by atoms with Gasteiger partial charge in [-0.25, -0.2) is 8.42 Å². The zero-order valence-corrected chi connectivity index (χ0v) is 19.4. The van der Waals surface area contributed by atoms with E-state index in [1.807, 2.05) is 13.8 Å². The van der Waals surface area contributed by atoms with Crippen LogP contribution in [0.5, 0.6) is 0 Å². The highest BCUT2D eigenvalue weighted by atomic mass is 32.2. The van der Waals surface area contributed by atoms with E-state index in [2.05, 4.69) is 34.3 Å². The first-order chi connectivity index (χ1) is 14.7. The molecule has 0 bridgehead atoms. The maximum Gasteiger partial charge on any atom is 0.261 e. The maximum absolute atomic E-state index is 12.7. The molecule has 162 valence electrons. The molecule has 0 aliphatic heterocycles. The Hall–Kier alpha value is -2.77. The Kier molecular flexibility index (Phi) is 7.41. The second-order valence-electron chi connectivity index (χ2n) is 7.37. The van der Waals surface area contributed by atoms with Crippen LogP contribution in [0.15, 0.2) is 76.5 Å². The number of aryl methyl sites for hydroxylation is 3. The summed E-state index contributed by atoms with van der Waals surface area (Å²) >= 11 is 1.67. The molecule has 31 heavy (non-hydrogen) atoms. The molecule has 0 fully saturated rings. The molecule has 0 saturated carbocycles. The SMILES string of the molecule is Cc1ccc(SCCNC(=O)c2ccc(C)c(NS(=O)(=O)c3ccc(C)cc3)c2)cc1. The molecule has 3 rings (SSSR count). The van der Waals surface area contributed by atoms with E-state index in [0.29, 0.717) is 17.8 Å². The average Bonchev–Trinajstić information content (AvgIpc) is 2.74. The zero-order valence-electron chi connectivity index (χ0n) is 17.8. The first-order valence-corrected chi connectivity index (χ1v) is 12.4. The third kappa shape index (κ3) is 6.35. The number of sulfonamides is 1. The zero-order chi connectivity index (χ0) is 22.4. The summed E-state index contributed by atoms with van der Waals surface area (Å²) in [6.07, 6.45) is 0. The number of benzene rings is 3. The third-order valence-corrected chi connectivity index (χ3v) is 7.15. The summed E-state index contributed by atoms with van der Waals surface area (Å²) < 4.78 is 28.0. The van der Waals surface area contributed by atoms with Crippen LogP contribution in [0.4, 0.5) is 5.69 Å². The molecule has 5 nitrogen and oxygen atoms in total. The lowest BCUT2D eigenvalue weighted by molar-refractivity contribution is 0.0956. The van der Waals surface area contributed by atoms with Gasteiger partial charge in [0, 0.05) is 22.8 Å². The summed E-state index contributed by atoms with van der Waals surface area (Å²) in [6, 6.07) is 19.9. The van der Waals surface area contributed by atoms with Crippen molar-refractivity contribution >= 4 is 33.4 Å². The van der Waals surface area contributed by atoms with E-state index < -0.39 is 10.0 Å². The number of nitrogens with one attached hydrogen (secondary N) is 2. The van der Waals surface area contributed by atoms with Crippen molar-refractivity contribution in [3.05, 3.63) is 89.0 Å². The number of carbonyl (C=O) groups excluding carboxylic acids is 1. The number of carbonyl (C=O) groups is 1. The van der Waals surface area contributed by atoms with E-state index in [-0.39, 0.29) is 10.8 Å². The highest BCUT2D eigenvalue weighted by Gasteiger charge is 2.16. The molecular weight excluding hydrogens is 428 g/mol. The molecule has 0 radical (unpaired) electrons. The number of hydrogen-bond acceptors (Lipinski definition) is 4. The van der Waals surface area contributed by atoms with Crippen molar-refractivity contribution in [1.29, 1.82) is 0 Å². The van der Waals surface area contributed by atoms with Gasteiger partial charge in [-0.15, -0.1) is 11.8 Å². The minimum Gasteiger partial charge on any atom is -0.351 e. The predicted octanol–water partition coefficient (Wildman–Crippen LogP) is 4.93. The molecule has 0 heterocycles. The number of amides is 1. The highest BCUT2D eigenvalue weighted by Crippen LogP contribution is 2.22. The molecule has 2 N–H and O–H groups in total. The number of thioether (sulfide) groups is 1. The van der Waals surface area contributed by atoms with Crippen LogP contribution in [-0.4, -0.2) is 26.6 Å². The van der Waals surface area contributed by atoms with Gasteiger partial charge < -0.3 is 5.32 Å². The third-order valence-electron chi connectivity index (χ3n) is 4.75. The summed E-state index contributed by atoms with van der Waals surface area (Å²) in [7, 11) is -3.73. The van der Waals surface area contributed by atoms with Crippen LogP contribution in [0.1, 0.15) is 27.0 Å². The van der Waals surface area contributed by atoms with Gasteiger partial charge in [0.05, 0.1) is 10.6 Å². The Morgan fingerprint density at radius 2 is 1.48 bits per heavy atom. The summed E-state index contributed by atoms with van der Waals surface area (Å²) in [6.45, 7) is 6.25. The van der Waals surface area contributed by atoms with Gasteiger partial charge in [0.15, 0.2) is 0 Å². The summed E-state index contributed by atoms with van der Waals surface area (Å²) in [5.74, 6) is 0.508. The van der Waals surface area contributed by atoms with Gasteiger partial charge in [0.2, 0.25) is 0 Å². The standard InChI is InChI=1S/C24H26N2O3S2/c1-17-4-10-21(11-5-17)30-15-14-25-24(27)20-9-8-19(3)23(16-20)26-31(28,29)22-12-6-18(2)7-13-22/h4-13,16,26H,14-15H2,1-3H3,(H,25,27). The molecule has 0 aromatic heterocycles. The second-order valence-corrected chi connectivity index (χ2v) is 10.2. The molecule has 1 amide bonds. The Morgan fingerprint density at radius 3 is 2.13 bits per heavy atom. The molecule has 3 aromatic rings. The number of hydrogen-bond donors (Lipinski definition) is 2. The molecule has 0 aliphatic rings. The number of rotatable bonds is 8. The molecule has 3 aromatic carbocycles. The van der Waals surface area contributed by atoms with Crippen molar-refractivity contribution in [1.82, 2.24) is 5.32 Å². The normalized spacial score (nSPS) is 11.2. The van der Waals surface area contributed by atoms with Crippen LogP contribution in [0.3, 0.4) is 0 Å². The van der Waals surface area contributed by atoms with Gasteiger partial charge >= 0.3 is 0 Å². The maximum atomic E-state index is 12.7. The molecule has 0 atom stereocenters. The predicted molar refractivity (Wildman–Crippen MR) is 127 cm³/mol. The topological polar surface area (TPSA) is 75.3 Å². The van der Waals surface area contributed by atoms with E-state index in [1.54, 1.807) is 61.2 Å². The monoisotopic (exact) mass is 454 g/mol. The molecular formula is C24H26N2O3S2. The van der Waals surface area contributed by atoms with Gasteiger partial charge in [-0.05, 0) is 62.7 Å². The minimum atomic E-state index is -3.73. The summed E-state index contributed by atoms with van der Waals surface area (Å²) in [5, 5.41) is 2.89. The van der Waals surface area contributed by atoms with E-state index in [9.17, 15) is 13.2 Å². The van der Waals surface area contributed by atoms with E-state index in [1.165, 1.54) is 5.56 Å². The fraction of sp³-hybridized carbons (Fsp3) is 0.208. The smallest absolute Gasteiger partial charge is 0.261 e. The van der Waals surface area contributed by atoms with Gasteiger partial charge in [-0.2, -0.15) is 0 Å². The number of anilines is 1. The van der Waals surface area contributed by atoms with Crippen LogP contribution in [0, 0.1) is 20.8 Å². The van der Waals surface area contributed by atoms with Gasteiger partial charge in [0.25, 0.3) is 15.9 Å². The Morgan fingerprint density at radius 1 is 0.871 bits per heavy atom. The summed E-state index contributed by atoms with van der Waals surface area (Å²) in [5.41, 5.74) is 3.73.